The Morgan fingerprint density at radius 1 is 1.10 bits per heavy atom. The quantitative estimate of drug-likeness (QED) is 0.626. The highest BCUT2D eigenvalue weighted by molar-refractivity contribution is 7.89. The number of halogens is 1. The van der Waals surface area contributed by atoms with Gasteiger partial charge in [-0.1, -0.05) is 12.1 Å². The van der Waals surface area contributed by atoms with Crippen molar-refractivity contribution in [1.29, 1.82) is 0 Å². The zero-order valence-electron chi connectivity index (χ0n) is 16.1. The second-order valence-electron chi connectivity index (χ2n) is 7.24. The number of piperidine rings is 1. The number of anilines is 1. The number of rotatable bonds is 5. The van der Waals surface area contributed by atoms with Gasteiger partial charge in [-0.3, -0.25) is 4.79 Å². The molecule has 0 radical (unpaired) electrons. The van der Waals surface area contributed by atoms with E-state index in [-0.39, 0.29) is 17.3 Å². The Labute approximate surface area is 179 Å². The Kier molecular flexibility index (Phi) is 5.99. The third-order valence-corrected chi connectivity index (χ3v) is 7.75. The average molecular weight is 445 g/mol. The molecule has 1 aliphatic heterocycles. The van der Waals surface area contributed by atoms with Crippen molar-refractivity contribution in [2.75, 3.05) is 18.4 Å². The predicted octanol–water partition coefficient (Wildman–Crippen LogP) is 4.59. The molecule has 1 amide bonds. The smallest absolute Gasteiger partial charge is 0.243 e. The largest absolute Gasteiger partial charge is 0.326 e. The van der Waals surface area contributed by atoms with Crippen LogP contribution in [0.15, 0.2) is 70.3 Å². The third-order valence-electron chi connectivity index (χ3n) is 5.19. The van der Waals surface area contributed by atoms with Crippen molar-refractivity contribution in [1.82, 2.24) is 4.31 Å². The Hall–Kier alpha value is -2.55. The summed E-state index contributed by atoms with van der Waals surface area (Å²) in [6.07, 6.45) is 1.21. The van der Waals surface area contributed by atoms with Crippen molar-refractivity contribution in [3.05, 3.63) is 71.2 Å². The fourth-order valence-electron chi connectivity index (χ4n) is 3.58. The summed E-state index contributed by atoms with van der Waals surface area (Å²) in [5.74, 6) is -1.13. The summed E-state index contributed by atoms with van der Waals surface area (Å²) in [7, 11) is -3.77. The highest BCUT2D eigenvalue weighted by Gasteiger charge is 2.33. The maximum absolute atomic E-state index is 13.1. The summed E-state index contributed by atoms with van der Waals surface area (Å²) < 4.78 is 40.2. The van der Waals surface area contributed by atoms with E-state index in [1.165, 1.54) is 16.4 Å². The van der Waals surface area contributed by atoms with Gasteiger partial charge in [-0.2, -0.15) is 15.6 Å². The number of thiophene rings is 1. The lowest BCUT2D eigenvalue weighted by atomic mass is 9.98. The molecular weight excluding hydrogens is 423 g/mol. The molecule has 8 heteroatoms. The van der Waals surface area contributed by atoms with Crippen LogP contribution in [0.25, 0.3) is 11.1 Å². The maximum atomic E-state index is 13.1. The Morgan fingerprint density at radius 3 is 2.63 bits per heavy atom. The molecule has 5 nitrogen and oxygen atoms in total. The van der Waals surface area contributed by atoms with Crippen molar-refractivity contribution < 1.29 is 17.6 Å². The highest BCUT2D eigenvalue weighted by atomic mass is 32.2. The minimum absolute atomic E-state index is 0.0356. The molecule has 1 atom stereocenters. The number of benzene rings is 2. The molecule has 1 fully saturated rings. The van der Waals surface area contributed by atoms with Gasteiger partial charge in [0.05, 0.1) is 10.8 Å². The second-order valence-corrected chi connectivity index (χ2v) is 9.96. The second kappa shape index (κ2) is 8.67. The zero-order chi connectivity index (χ0) is 21.1. The summed E-state index contributed by atoms with van der Waals surface area (Å²) in [4.78, 5) is 12.9. The van der Waals surface area contributed by atoms with Crippen LogP contribution in [0.1, 0.15) is 12.8 Å². The molecule has 4 rings (SSSR count). The fraction of sp³-hybridized carbons (Fsp3) is 0.227. The minimum Gasteiger partial charge on any atom is -0.326 e. The van der Waals surface area contributed by atoms with Crippen LogP contribution in [-0.4, -0.2) is 31.7 Å². The molecule has 1 aliphatic rings. The predicted molar refractivity (Wildman–Crippen MR) is 116 cm³/mol. The van der Waals surface area contributed by atoms with Crippen LogP contribution in [0.2, 0.25) is 0 Å². The first-order valence-electron chi connectivity index (χ1n) is 9.63. The van der Waals surface area contributed by atoms with Gasteiger partial charge in [-0.25, -0.2) is 12.8 Å². The van der Waals surface area contributed by atoms with Gasteiger partial charge < -0.3 is 5.32 Å². The van der Waals surface area contributed by atoms with Crippen LogP contribution in [0.3, 0.4) is 0 Å². The molecular formula is C22H21FN2O3S2. The molecule has 1 saturated heterocycles. The number of sulfonamides is 1. The molecule has 1 aromatic heterocycles. The van der Waals surface area contributed by atoms with Crippen molar-refractivity contribution in [2.45, 2.75) is 17.7 Å². The van der Waals surface area contributed by atoms with E-state index in [9.17, 15) is 17.6 Å². The lowest BCUT2D eigenvalue weighted by Gasteiger charge is -2.31. The van der Waals surface area contributed by atoms with E-state index in [1.54, 1.807) is 11.3 Å². The van der Waals surface area contributed by atoms with Crippen LogP contribution in [0.5, 0.6) is 0 Å². The number of hydrogen-bond acceptors (Lipinski definition) is 4. The van der Waals surface area contributed by atoms with Gasteiger partial charge in [0.2, 0.25) is 15.9 Å². The van der Waals surface area contributed by atoms with E-state index in [0.29, 0.717) is 25.1 Å². The van der Waals surface area contributed by atoms with Crippen molar-refractivity contribution in [3.8, 4) is 11.1 Å². The van der Waals surface area contributed by atoms with Gasteiger partial charge in [0.15, 0.2) is 0 Å². The number of hydrogen-bond donors (Lipinski definition) is 1. The van der Waals surface area contributed by atoms with Gasteiger partial charge in [0.1, 0.15) is 5.82 Å². The van der Waals surface area contributed by atoms with E-state index in [2.05, 4.69) is 5.32 Å². The van der Waals surface area contributed by atoms with Gasteiger partial charge in [0.25, 0.3) is 0 Å². The van der Waals surface area contributed by atoms with Gasteiger partial charge in [0, 0.05) is 18.8 Å². The SMILES string of the molecule is O=C(Nc1cccc(-c2ccsc2)c1)[C@@H]1CCCN(S(=O)(=O)c2ccc(F)cc2)C1. The average Bonchev–Trinajstić information content (AvgIpc) is 3.29. The fourth-order valence-corrected chi connectivity index (χ4v) is 5.77. The van der Waals surface area contributed by atoms with E-state index in [0.717, 1.165) is 23.3 Å². The van der Waals surface area contributed by atoms with Crippen molar-refractivity contribution in [3.63, 3.8) is 0 Å². The summed E-state index contributed by atoms with van der Waals surface area (Å²) >= 11 is 1.61. The first-order valence-corrected chi connectivity index (χ1v) is 12.0. The monoisotopic (exact) mass is 444 g/mol. The molecule has 0 aliphatic carbocycles. The van der Waals surface area contributed by atoms with Gasteiger partial charge in [-0.05, 0) is 77.2 Å². The third kappa shape index (κ3) is 4.45. The van der Waals surface area contributed by atoms with Crippen molar-refractivity contribution >= 4 is 33.0 Å². The summed E-state index contributed by atoms with van der Waals surface area (Å²) in [5, 5.41) is 6.97. The van der Waals surface area contributed by atoms with Crippen LogP contribution >= 0.6 is 11.3 Å². The molecule has 1 N–H and O–H groups in total. The van der Waals surface area contributed by atoms with Gasteiger partial charge in [-0.15, -0.1) is 0 Å². The number of nitrogens with one attached hydrogen (secondary N) is 1. The number of amides is 1. The Morgan fingerprint density at radius 2 is 1.90 bits per heavy atom. The molecule has 0 spiro atoms. The summed E-state index contributed by atoms with van der Waals surface area (Å²) in [6, 6.07) is 14.4. The minimum atomic E-state index is -3.77. The number of carbonyl (C=O) groups is 1. The molecule has 30 heavy (non-hydrogen) atoms. The summed E-state index contributed by atoms with van der Waals surface area (Å²) in [6.45, 7) is 0.451. The molecule has 156 valence electrons. The van der Waals surface area contributed by atoms with E-state index in [1.807, 2.05) is 41.1 Å². The van der Waals surface area contributed by atoms with E-state index in [4.69, 9.17) is 0 Å². The lowest BCUT2D eigenvalue weighted by molar-refractivity contribution is -0.120. The first kappa shape index (κ1) is 20.7. The van der Waals surface area contributed by atoms with Crippen molar-refractivity contribution in [2.24, 2.45) is 5.92 Å². The van der Waals surface area contributed by atoms with Crippen LogP contribution in [0, 0.1) is 11.7 Å². The standard InChI is InChI=1S/C22H21FN2O3S2/c23-19-6-8-21(9-7-19)30(27,28)25-11-2-4-17(14-25)22(26)24-20-5-1-3-16(13-20)18-10-12-29-15-18/h1,3,5-10,12-13,15,17H,2,4,11,14H2,(H,24,26)/t17-/m1/s1. The van der Waals surface area contributed by atoms with Crippen LogP contribution in [-0.2, 0) is 14.8 Å². The maximum Gasteiger partial charge on any atom is 0.243 e. The first-order chi connectivity index (χ1) is 14.4. The molecule has 2 aromatic carbocycles. The van der Waals surface area contributed by atoms with E-state index < -0.39 is 21.8 Å². The van der Waals surface area contributed by atoms with Crippen LogP contribution < -0.4 is 5.32 Å². The Balaban J connectivity index is 1.46. The molecule has 3 aromatic rings. The highest BCUT2D eigenvalue weighted by Crippen LogP contribution is 2.27. The molecule has 0 saturated carbocycles. The number of carbonyl (C=O) groups excluding carboxylic acids is 1. The van der Waals surface area contributed by atoms with E-state index >= 15 is 0 Å². The number of nitrogens with zero attached hydrogens (tertiary/aromatic N) is 1. The normalized spacial score (nSPS) is 17.6. The molecule has 0 bridgehead atoms. The van der Waals surface area contributed by atoms with Crippen LogP contribution in [0.4, 0.5) is 10.1 Å². The topological polar surface area (TPSA) is 66.5 Å². The lowest BCUT2D eigenvalue weighted by Crippen LogP contribution is -2.43. The summed E-state index contributed by atoms with van der Waals surface area (Å²) in [5.41, 5.74) is 2.78. The molecule has 2 heterocycles. The Bertz CT molecular complexity index is 1130. The molecule has 0 unspecified atom stereocenters. The van der Waals surface area contributed by atoms with Gasteiger partial charge >= 0.3 is 0 Å². The zero-order valence-corrected chi connectivity index (χ0v) is 17.8.